The molecule has 9 aromatic carbocycles. The van der Waals surface area contributed by atoms with E-state index in [1.54, 1.807) is 0 Å². The molecule has 0 N–H and O–H groups in total. The van der Waals surface area contributed by atoms with Gasteiger partial charge >= 0.3 is 0 Å². The largest absolute Gasteiger partial charge is 0.309 e. The first-order chi connectivity index (χ1) is 33.2. The lowest BCUT2D eigenvalue weighted by Gasteiger charge is -2.14. The molecule has 14 aromatic rings. The summed E-state index contributed by atoms with van der Waals surface area (Å²) in [6.07, 6.45) is 3.73. The third-order valence-corrected chi connectivity index (χ3v) is 14.3. The second kappa shape index (κ2) is 13.7. The number of hydrogen-bond donors (Lipinski definition) is 0. The van der Waals surface area contributed by atoms with Gasteiger partial charge in [-0.2, -0.15) is 0 Å². The maximum absolute atomic E-state index is 4.76. The van der Waals surface area contributed by atoms with Crippen LogP contribution in [0.3, 0.4) is 0 Å². The summed E-state index contributed by atoms with van der Waals surface area (Å²) >= 11 is 0. The van der Waals surface area contributed by atoms with Crippen LogP contribution in [0, 0.1) is 0 Å². The Labute approximate surface area is 384 Å². The molecule has 67 heavy (non-hydrogen) atoms. The number of nitrogens with zero attached hydrogens (tertiary/aromatic N) is 5. The molecule has 0 fully saturated rings. The number of pyridine rings is 2. The fourth-order valence-electron chi connectivity index (χ4n) is 11.4. The average molecular weight is 852 g/mol. The van der Waals surface area contributed by atoms with Crippen LogP contribution in [0.1, 0.15) is 0 Å². The number of fused-ring (bicyclic) bond motifs is 12. The second-order valence-electron chi connectivity index (χ2n) is 17.8. The van der Waals surface area contributed by atoms with Crippen molar-refractivity contribution in [1.29, 1.82) is 0 Å². The maximum Gasteiger partial charge on any atom is 0.137 e. The summed E-state index contributed by atoms with van der Waals surface area (Å²) in [7, 11) is 0. The molecular formula is C62H37N5. The summed E-state index contributed by atoms with van der Waals surface area (Å²) in [6.45, 7) is 0. The molecule has 5 heterocycles. The lowest BCUT2D eigenvalue weighted by Crippen LogP contribution is -1.97. The van der Waals surface area contributed by atoms with Crippen molar-refractivity contribution in [2.24, 2.45) is 0 Å². The fraction of sp³-hybridized carbons (Fsp3) is 0. The van der Waals surface area contributed by atoms with Crippen LogP contribution in [-0.2, 0) is 0 Å². The summed E-state index contributed by atoms with van der Waals surface area (Å²) in [6, 6.07) is 77.7. The molecule has 0 radical (unpaired) electrons. The van der Waals surface area contributed by atoms with Crippen LogP contribution in [-0.4, -0.2) is 23.7 Å². The normalized spacial score (nSPS) is 12.2. The van der Waals surface area contributed by atoms with Crippen molar-refractivity contribution in [1.82, 2.24) is 23.7 Å². The Balaban J connectivity index is 0.968. The van der Waals surface area contributed by atoms with Crippen molar-refractivity contribution < 1.29 is 0 Å². The number of rotatable bonds is 5. The molecule has 1 aliphatic rings. The molecule has 5 aromatic heterocycles. The fourth-order valence-corrected chi connectivity index (χ4v) is 11.4. The van der Waals surface area contributed by atoms with Crippen LogP contribution >= 0.6 is 0 Å². The SMILES string of the molecule is c1ccc(-n2c3ccccc3c3cc(-c4ccc5c6ccc(-c7ccc8c(c7)c7ccccc7n8-c7ccccn7)cc6n(-c6ccc7c8c(cccc68)-c6ccccc6-7)c5c4)ccc32)nc1. The van der Waals surface area contributed by atoms with E-state index in [4.69, 9.17) is 9.97 Å². The zero-order valence-corrected chi connectivity index (χ0v) is 36.1. The Hall–Kier alpha value is -9.06. The number of hydrogen-bond acceptors (Lipinski definition) is 2. The van der Waals surface area contributed by atoms with E-state index in [1.807, 2.05) is 24.5 Å². The van der Waals surface area contributed by atoms with Gasteiger partial charge in [-0.05, 0) is 129 Å². The molecule has 0 aliphatic heterocycles. The summed E-state index contributed by atoms with van der Waals surface area (Å²) in [5, 5.41) is 9.83. The van der Waals surface area contributed by atoms with E-state index in [-0.39, 0.29) is 0 Å². The minimum Gasteiger partial charge on any atom is -0.309 e. The minimum atomic E-state index is 0.913. The molecular weight excluding hydrogens is 815 g/mol. The molecule has 15 rings (SSSR count). The van der Waals surface area contributed by atoms with Gasteiger partial charge in [-0.25, -0.2) is 9.97 Å². The zero-order valence-electron chi connectivity index (χ0n) is 36.1. The average Bonchev–Trinajstić information content (AvgIpc) is 4.12. The maximum atomic E-state index is 4.76. The summed E-state index contributed by atoms with van der Waals surface area (Å²) in [5.41, 5.74) is 17.9. The van der Waals surface area contributed by atoms with Gasteiger partial charge in [0.25, 0.3) is 0 Å². The number of aromatic nitrogens is 5. The monoisotopic (exact) mass is 851 g/mol. The molecule has 5 nitrogen and oxygen atoms in total. The van der Waals surface area contributed by atoms with E-state index < -0.39 is 0 Å². The molecule has 0 amide bonds. The van der Waals surface area contributed by atoms with Crippen LogP contribution in [0.4, 0.5) is 0 Å². The van der Waals surface area contributed by atoms with Gasteiger partial charge < -0.3 is 4.57 Å². The van der Waals surface area contributed by atoms with Crippen molar-refractivity contribution in [2.75, 3.05) is 0 Å². The predicted octanol–water partition coefficient (Wildman–Crippen LogP) is 15.9. The smallest absolute Gasteiger partial charge is 0.137 e. The van der Waals surface area contributed by atoms with Crippen LogP contribution < -0.4 is 0 Å². The number of para-hydroxylation sites is 2. The molecule has 310 valence electrons. The van der Waals surface area contributed by atoms with Crippen LogP contribution in [0.2, 0.25) is 0 Å². The first kappa shape index (κ1) is 36.3. The van der Waals surface area contributed by atoms with Gasteiger partial charge in [0, 0.05) is 50.1 Å². The molecule has 0 saturated carbocycles. The highest BCUT2D eigenvalue weighted by molar-refractivity contribution is 6.19. The van der Waals surface area contributed by atoms with Crippen molar-refractivity contribution in [3.8, 4) is 61.8 Å². The van der Waals surface area contributed by atoms with Gasteiger partial charge in [-0.15, -0.1) is 0 Å². The highest BCUT2D eigenvalue weighted by atomic mass is 15.1. The quantitative estimate of drug-likeness (QED) is 0.173. The molecule has 5 heteroatoms. The standard InChI is InChI=1S/C62H37N5/c1-2-13-43-42(12-1)48-16-11-17-50-55(31-28-49(43)62(48)50)65-58-36-40(38-24-29-56-51(34-38)44-14-3-5-18-53(44)66(56)60-20-7-9-32-63-60)22-26-46(58)47-27-23-41(37-59(47)65)39-25-30-57-52(35-39)45-15-4-6-19-54(45)67(57)61-21-8-10-33-64-61/h1-37H. The van der Waals surface area contributed by atoms with E-state index >= 15 is 0 Å². The lowest BCUT2D eigenvalue weighted by atomic mass is 10.00. The van der Waals surface area contributed by atoms with Crippen molar-refractivity contribution in [3.05, 3.63) is 225 Å². The molecule has 1 aliphatic carbocycles. The van der Waals surface area contributed by atoms with Gasteiger partial charge in [0.05, 0.1) is 38.8 Å². The Morgan fingerprint density at radius 3 is 1.24 bits per heavy atom. The van der Waals surface area contributed by atoms with Crippen molar-refractivity contribution in [2.45, 2.75) is 0 Å². The molecule has 0 atom stereocenters. The number of benzene rings is 9. The van der Waals surface area contributed by atoms with Crippen LogP contribution in [0.5, 0.6) is 0 Å². The summed E-state index contributed by atoms with van der Waals surface area (Å²) in [4.78, 5) is 9.53. The van der Waals surface area contributed by atoms with Crippen molar-refractivity contribution in [3.63, 3.8) is 0 Å². The highest BCUT2D eigenvalue weighted by Gasteiger charge is 2.25. The molecule has 0 unspecified atom stereocenters. The Kier molecular flexibility index (Phi) is 7.44. The Bertz CT molecular complexity index is 4140. The minimum absolute atomic E-state index is 0.913. The Morgan fingerprint density at radius 2 is 0.687 bits per heavy atom. The van der Waals surface area contributed by atoms with E-state index in [1.165, 1.54) is 104 Å². The van der Waals surface area contributed by atoms with E-state index in [0.29, 0.717) is 0 Å². The van der Waals surface area contributed by atoms with E-state index in [2.05, 4.69) is 214 Å². The highest BCUT2D eigenvalue weighted by Crippen LogP contribution is 2.50. The molecule has 0 bridgehead atoms. The zero-order chi connectivity index (χ0) is 43.7. The van der Waals surface area contributed by atoms with E-state index in [0.717, 1.165) is 33.7 Å². The van der Waals surface area contributed by atoms with E-state index in [9.17, 15) is 0 Å². The van der Waals surface area contributed by atoms with Crippen LogP contribution in [0.25, 0.3) is 138 Å². The second-order valence-corrected chi connectivity index (χ2v) is 17.8. The van der Waals surface area contributed by atoms with Gasteiger partial charge in [0.2, 0.25) is 0 Å². The first-order valence-corrected chi connectivity index (χ1v) is 22.9. The van der Waals surface area contributed by atoms with Gasteiger partial charge in [0.1, 0.15) is 11.6 Å². The summed E-state index contributed by atoms with van der Waals surface area (Å²) in [5.74, 6) is 1.83. The summed E-state index contributed by atoms with van der Waals surface area (Å²) < 4.78 is 7.08. The Morgan fingerprint density at radius 1 is 0.254 bits per heavy atom. The third-order valence-electron chi connectivity index (χ3n) is 14.3. The van der Waals surface area contributed by atoms with Crippen molar-refractivity contribution >= 4 is 76.2 Å². The lowest BCUT2D eigenvalue weighted by molar-refractivity contribution is 1.08. The third kappa shape index (κ3) is 5.14. The molecule has 0 saturated heterocycles. The van der Waals surface area contributed by atoms with Crippen LogP contribution in [0.15, 0.2) is 225 Å². The molecule has 0 spiro atoms. The van der Waals surface area contributed by atoms with Gasteiger partial charge in [0.15, 0.2) is 0 Å². The first-order valence-electron chi connectivity index (χ1n) is 22.9. The van der Waals surface area contributed by atoms with Gasteiger partial charge in [-0.1, -0.05) is 133 Å². The van der Waals surface area contributed by atoms with Gasteiger partial charge in [-0.3, -0.25) is 9.13 Å². The predicted molar refractivity (Wildman–Crippen MR) is 278 cm³/mol. The topological polar surface area (TPSA) is 40.6 Å².